The lowest BCUT2D eigenvalue weighted by Crippen LogP contribution is -2.33. The molecule has 4 rings (SSSR count). The lowest BCUT2D eigenvalue weighted by atomic mass is 10.1. The number of esters is 1. The molecule has 0 fully saturated rings. The van der Waals surface area contributed by atoms with Gasteiger partial charge in [-0.25, -0.2) is 9.78 Å². The smallest absolute Gasteiger partial charge is 0.341 e. The van der Waals surface area contributed by atoms with Gasteiger partial charge in [-0.1, -0.05) is 24.3 Å². The number of aryl methyl sites for hydroxylation is 2. The van der Waals surface area contributed by atoms with Crippen LogP contribution < -0.4 is 11.0 Å². The molecule has 0 saturated heterocycles. The van der Waals surface area contributed by atoms with Gasteiger partial charge in [-0.2, -0.15) is 4.99 Å². The Bertz CT molecular complexity index is 1580. The van der Waals surface area contributed by atoms with Gasteiger partial charge in [0.1, 0.15) is 16.9 Å². The number of pyridine rings is 2. The number of hydrogen-bond donors (Lipinski definition) is 0. The maximum Gasteiger partial charge on any atom is 0.341 e. The molecule has 1 aromatic carbocycles. The van der Waals surface area contributed by atoms with Crippen molar-refractivity contribution in [3.8, 4) is 0 Å². The molecular weight excluding hydrogens is 448 g/mol. The van der Waals surface area contributed by atoms with E-state index in [-0.39, 0.29) is 41.8 Å². The van der Waals surface area contributed by atoms with Gasteiger partial charge in [-0.05, 0) is 50.1 Å². The number of carbonyl (C=O) groups excluding carboxylic acids is 2. The van der Waals surface area contributed by atoms with Crippen molar-refractivity contribution in [1.82, 2.24) is 14.0 Å². The molecule has 0 atom stereocenters. The number of nitrogens with zero attached hydrogens (tertiary/aromatic N) is 4. The molecule has 0 bridgehead atoms. The van der Waals surface area contributed by atoms with E-state index < -0.39 is 11.9 Å². The summed E-state index contributed by atoms with van der Waals surface area (Å²) in [5, 5.41) is 0.203. The Kier molecular flexibility index (Phi) is 6.88. The Labute approximate surface area is 201 Å². The zero-order valence-corrected chi connectivity index (χ0v) is 20.1. The van der Waals surface area contributed by atoms with Crippen LogP contribution >= 0.6 is 0 Å². The minimum Gasteiger partial charge on any atom is -0.462 e. The van der Waals surface area contributed by atoms with Crippen molar-refractivity contribution in [1.29, 1.82) is 0 Å². The third-order valence-corrected chi connectivity index (χ3v) is 5.70. The SMILES string of the molecule is CCOC(=O)c1cc2c(=O)n3cccc(C)c3nc2n(CCOC)c1=NC(=O)c1ccccc1C. The van der Waals surface area contributed by atoms with Crippen LogP contribution in [0.1, 0.15) is 38.8 Å². The third-order valence-electron chi connectivity index (χ3n) is 5.70. The zero-order chi connectivity index (χ0) is 25.1. The van der Waals surface area contributed by atoms with Crippen LogP contribution in [0.25, 0.3) is 16.7 Å². The highest BCUT2D eigenvalue weighted by Crippen LogP contribution is 2.14. The number of benzene rings is 1. The van der Waals surface area contributed by atoms with Crippen LogP contribution in [0.4, 0.5) is 0 Å². The van der Waals surface area contributed by atoms with Gasteiger partial charge in [0.25, 0.3) is 11.5 Å². The van der Waals surface area contributed by atoms with Gasteiger partial charge < -0.3 is 14.0 Å². The predicted octanol–water partition coefficient (Wildman–Crippen LogP) is 2.83. The van der Waals surface area contributed by atoms with Crippen molar-refractivity contribution in [2.24, 2.45) is 4.99 Å². The highest BCUT2D eigenvalue weighted by molar-refractivity contribution is 5.98. The van der Waals surface area contributed by atoms with E-state index in [1.165, 1.54) is 17.6 Å². The topological polar surface area (TPSA) is 104 Å². The molecule has 0 aliphatic rings. The van der Waals surface area contributed by atoms with Gasteiger partial charge in [0.2, 0.25) is 0 Å². The fourth-order valence-electron chi connectivity index (χ4n) is 3.93. The first kappa shape index (κ1) is 24.0. The second-order valence-electron chi connectivity index (χ2n) is 8.02. The van der Waals surface area contributed by atoms with Crippen LogP contribution in [0.3, 0.4) is 0 Å². The molecule has 0 unspecified atom stereocenters. The second-order valence-corrected chi connectivity index (χ2v) is 8.02. The third kappa shape index (κ3) is 4.50. The van der Waals surface area contributed by atoms with Crippen LogP contribution in [0.2, 0.25) is 0 Å². The van der Waals surface area contributed by atoms with Crippen LogP contribution in [-0.4, -0.2) is 46.2 Å². The Morgan fingerprint density at radius 2 is 1.77 bits per heavy atom. The Hall–Kier alpha value is -4.11. The van der Waals surface area contributed by atoms with E-state index in [1.807, 2.05) is 32.0 Å². The number of rotatable bonds is 6. The van der Waals surface area contributed by atoms with Gasteiger partial charge in [-0.15, -0.1) is 0 Å². The van der Waals surface area contributed by atoms with E-state index >= 15 is 0 Å². The summed E-state index contributed by atoms with van der Waals surface area (Å²) in [6.07, 6.45) is 1.63. The van der Waals surface area contributed by atoms with E-state index in [1.54, 1.807) is 35.9 Å². The fourth-order valence-corrected chi connectivity index (χ4v) is 3.93. The highest BCUT2D eigenvalue weighted by Gasteiger charge is 2.21. The zero-order valence-electron chi connectivity index (χ0n) is 20.1. The molecule has 35 heavy (non-hydrogen) atoms. The Morgan fingerprint density at radius 3 is 2.49 bits per heavy atom. The van der Waals surface area contributed by atoms with E-state index in [0.717, 1.165) is 11.1 Å². The number of fused-ring (bicyclic) bond motifs is 2. The summed E-state index contributed by atoms with van der Waals surface area (Å²) in [6.45, 7) is 5.91. The average molecular weight is 475 g/mol. The molecule has 3 heterocycles. The van der Waals surface area contributed by atoms with Crippen LogP contribution in [0.15, 0.2) is 58.4 Å². The maximum atomic E-state index is 13.4. The number of ether oxygens (including phenoxy) is 2. The summed E-state index contributed by atoms with van der Waals surface area (Å²) in [4.78, 5) is 48.7. The van der Waals surface area contributed by atoms with Crippen molar-refractivity contribution in [2.75, 3.05) is 20.3 Å². The summed E-state index contributed by atoms with van der Waals surface area (Å²) < 4.78 is 13.5. The number of methoxy groups -OCH3 is 1. The average Bonchev–Trinajstić information content (AvgIpc) is 2.84. The highest BCUT2D eigenvalue weighted by atomic mass is 16.5. The minimum absolute atomic E-state index is 0.00360. The number of carbonyl (C=O) groups is 2. The summed E-state index contributed by atoms with van der Waals surface area (Å²) in [5.74, 6) is -1.21. The second kappa shape index (κ2) is 10.0. The number of amides is 1. The molecule has 0 aliphatic carbocycles. The first-order chi connectivity index (χ1) is 16.9. The van der Waals surface area contributed by atoms with Crippen molar-refractivity contribution in [3.05, 3.63) is 86.8 Å². The van der Waals surface area contributed by atoms with Gasteiger partial charge in [0.15, 0.2) is 5.49 Å². The van der Waals surface area contributed by atoms with Crippen molar-refractivity contribution < 1.29 is 19.1 Å². The lowest BCUT2D eigenvalue weighted by Gasteiger charge is -2.15. The van der Waals surface area contributed by atoms with Crippen LogP contribution in [0.5, 0.6) is 0 Å². The van der Waals surface area contributed by atoms with Gasteiger partial charge in [0.05, 0.1) is 18.6 Å². The molecule has 9 nitrogen and oxygen atoms in total. The summed E-state index contributed by atoms with van der Waals surface area (Å²) in [7, 11) is 1.54. The largest absolute Gasteiger partial charge is 0.462 e. The number of hydrogen-bond acceptors (Lipinski definition) is 6. The monoisotopic (exact) mass is 474 g/mol. The maximum absolute atomic E-state index is 13.4. The summed E-state index contributed by atoms with van der Waals surface area (Å²) in [6, 6.07) is 12.1. The first-order valence-electron chi connectivity index (χ1n) is 11.2. The van der Waals surface area contributed by atoms with Gasteiger partial charge in [0, 0.05) is 25.4 Å². The standard InChI is InChI=1S/C26H26N4O5/c1-5-35-26(33)20-15-19-22(27-21-17(3)10-8-12-30(21)25(19)32)29(13-14-34-4)23(20)28-24(31)18-11-7-6-9-16(18)2/h6-12,15H,5,13-14H2,1-4H3. The van der Waals surface area contributed by atoms with Gasteiger partial charge >= 0.3 is 5.97 Å². The molecule has 180 valence electrons. The van der Waals surface area contributed by atoms with Crippen LogP contribution in [0, 0.1) is 13.8 Å². The molecule has 0 spiro atoms. The minimum atomic E-state index is -0.689. The van der Waals surface area contributed by atoms with E-state index in [2.05, 4.69) is 4.99 Å². The normalized spacial score (nSPS) is 11.8. The predicted molar refractivity (Wildman–Crippen MR) is 131 cm³/mol. The van der Waals surface area contributed by atoms with Crippen molar-refractivity contribution in [2.45, 2.75) is 27.3 Å². The van der Waals surface area contributed by atoms with Crippen LogP contribution in [-0.2, 0) is 16.0 Å². The first-order valence-corrected chi connectivity index (χ1v) is 11.2. The van der Waals surface area contributed by atoms with E-state index in [0.29, 0.717) is 16.9 Å². The fraction of sp³-hybridized carbons (Fsp3) is 0.269. The van der Waals surface area contributed by atoms with E-state index in [9.17, 15) is 14.4 Å². The van der Waals surface area contributed by atoms with Crippen molar-refractivity contribution >= 4 is 28.6 Å². The lowest BCUT2D eigenvalue weighted by molar-refractivity contribution is 0.0523. The molecule has 0 N–H and O–H groups in total. The number of aromatic nitrogens is 3. The molecule has 0 aliphatic heterocycles. The molecule has 0 radical (unpaired) electrons. The van der Waals surface area contributed by atoms with Gasteiger partial charge in [-0.3, -0.25) is 14.0 Å². The molecule has 1 amide bonds. The summed E-state index contributed by atoms with van der Waals surface area (Å²) in [5.41, 5.74) is 2.44. The Morgan fingerprint density at radius 1 is 1.03 bits per heavy atom. The quantitative estimate of drug-likeness (QED) is 0.314. The molecule has 3 aromatic heterocycles. The Balaban J connectivity index is 2.15. The molecule has 4 aromatic rings. The molecule has 0 saturated carbocycles. The van der Waals surface area contributed by atoms with E-state index in [4.69, 9.17) is 14.5 Å². The molecule has 9 heteroatoms. The molecular formula is C26H26N4O5. The van der Waals surface area contributed by atoms with Crippen molar-refractivity contribution in [3.63, 3.8) is 0 Å². The summed E-state index contributed by atoms with van der Waals surface area (Å²) >= 11 is 0.